The zero-order chi connectivity index (χ0) is 22.9. The first-order chi connectivity index (χ1) is 15.4. The number of urea groups is 1. The van der Waals surface area contributed by atoms with Crippen molar-refractivity contribution in [3.8, 4) is 0 Å². The summed E-state index contributed by atoms with van der Waals surface area (Å²) in [6.45, 7) is 4.85. The third-order valence-corrected chi connectivity index (χ3v) is 5.90. The number of amides is 2. The van der Waals surface area contributed by atoms with Gasteiger partial charge in [0.15, 0.2) is 0 Å². The number of hydrogen-bond donors (Lipinski definition) is 5. The van der Waals surface area contributed by atoms with Crippen LogP contribution in [0.25, 0.3) is 0 Å². The maximum Gasteiger partial charge on any atom is 0.326 e. The van der Waals surface area contributed by atoms with Crippen LogP contribution in [0.3, 0.4) is 0 Å². The fourth-order valence-corrected chi connectivity index (χ4v) is 4.03. The van der Waals surface area contributed by atoms with Crippen LogP contribution in [-0.2, 0) is 0 Å². The molecule has 1 aromatic heterocycles. The van der Waals surface area contributed by atoms with Crippen LogP contribution in [0.4, 0.5) is 16.4 Å². The lowest BCUT2D eigenvalue weighted by atomic mass is 9.91. The van der Waals surface area contributed by atoms with Crippen molar-refractivity contribution in [2.24, 2.45) is 5.73 Å². The number of para-hydroxylation sites is 1. The highest BCUT2D eigenvalue weighted by Gasteiger charge is 2.23. The average Bonchev–Trinajstić information content (AvgIpc) is 2.76. The highest BCUT2D eigenvalue weighted by Crippen LogP contribution is 2.25. The molecule has 6 N–H and O–H groups in total. The molecule has 1 saturated heterocycles. The molecule has 3 rings (SSSR count). The molecule has 0 unspecified atom stereocenters. The van der Waals surface area contributed by atoms with Crippen LogP contribution in [0, 0.1) is 12.3 Å². The summed E-state index contributed by atoms with van der Waals surface area (Å²) in [5.74, 6) is 0.570. The molecule has 0 spiro atoms. The summed E-state index contributed by atoms with van der Waals surface area (Å²) < 4.78 is 0. The minimum absolute atomic E-state index is 0.132. The molecule has 1 fully saturated rings. The number of nitrogens with two attached hydrogens (primary N) is 1. The second-order valence-corrected chi connectivity index (χ2v) is 8.36. The predicted octanol–water partition coefficient (Wildman–Crippen LogP) is 3.40. The summed E-state index contributed by atoms with van der Waals surface area (Å²) in [5, 5.41) is 12.6. The van der Waals surface area contributed by atoms with Gasteiger partial charge in [-0.15, -0.1) is 0 Å². The first-order valence-corrected chi connectivity index (χ1v) is 11.2. The third kappa shape index (κ3) is 6.91. The van der Waals surface area contributed by atoms with E-state index < -0.39 is 6.03 Å². The van der Waals surface area contributed by atoms with Gasteiger partial charge in [0.2, 0.25) is 5.95 Å². The molecular formula is C23H33N7O2. The monoisotopic (exact) mass is 439 g/mol. The predicted molar refractivity (Wildman–Crippen MR) is 127 cm³/mol. The summed E-state index contributed by atoms with van der Waals surface area (Å²) in [4.78, 5) is 34.2. The molecule has 2 aromatic rings. The number of unbranched alkanes of at least 4 members (excludes halogenated alkanes) is 2. The Kier molecular flexibility index (Phi) is 8.38. The lowest BCUT2D eigenvalue weighted by Gasteiger charge is -2.31. The Morgan fingerprint density at radius 1 is 1.22 bits per heavy atom. The number of piperidine rings is 1. The van der Waals surface area contributed by atoms with Crippen LogP contribution in [0.1, 0.15) is 55.6 Å². The molecule has 0 bridgehead atoms. The number of aromatic nitrogens is 2. The minimum atomic E-state index is -0.452. The number of rotatable bonds is 9. The fourth-order valence-electron chi connectivity index (χ4n) is 4.03. The summed E-state index contributed by atoms with van der Waals surface area (Å²) in [7, 11) is 0. The van der Waals surface area contributed by atoms with E-state index in [0.717, 1.165) is 57.3 Å². The number of aryl methyl sites for hydroxylation is 1. The SMILES string of the molecule is Cc1ccccc1NC(=O)Nc1ncc(C2CCN(CCCCCC(=N)N)CC2)c(=O)[nH]1. The van der Waals surface area contributed by atoms with Gasteiger partial charge in [0, 0.05) is 23.9 Å². The normalized spacial score (nSPS) is 14.8. The molecule has 0 saturated carbocycles. The molecule has 0 atom stereocenters. The van der Waals surface area contributed by atoms with Crippen molar-refractivity contribution in [1.82, 2.24) is 14.9 Å². The molecule has 1 aromatic carbocycles. The number of aromatic amines is 1. The van der Waals surface area contributed by atoms with Crippen molar-refractivity contribution >= 4 is 23.5 Å². The van der Waals surface area contributed by atoms with Crippen molar-refractivity contribution in [1.29, 1.82) is 5.41 Å². The summed E-state index contributed by atoms with van der Waals surface area (Å²) in [5.41, 5.74) is 7.51. The van der Waals surface area contributed by atoms with E-state index in [-0.39, 0.29) is 23.3 Å². The number of amidine groups is 1. The largest absolute Gasteiger partial charge is 0.388 e. The van der Waals surface area contributed by atoms with Crippen LogP contribution in [-0.4, -0.2) is 46.4 Å². The first kappa shape index (κ1) is 23.5. The number of nitrogens with one attached hydrogen (secondary N) is 4. The molecule has 2 amide bonds. The Labute approximate surface area is 188 Å². The molecule has 1 aliphatic heterocycles. The molecule has 9 heteroatoms. The Bertz CT molecular complexity index is 980. The summed E-state index contributed by atoms with van der Waals surface area (Å²) in [6, 6.07) is 7.01. The average molecular weight is 440 g/mol. The van der Waals surface area contributed by atoms with Gasteiger partial charge in [-0.2, -0.15) is 0 Å². The number of anilines is 2. The maximum absolute atomic E-state index is 12.6. The second kappa shape index (κ2) is 11.4. The number of H-pyrrole nitrogens is 1. The molecule has 0 aliphatic carbocycles. The molecule has 172 valence electrons. The number of hydrogen-bond acceptors (Lipinski definition) is 5. The molecule has 32 heavy (non-hydrogen) atoms. The van der Waals surface area contributed by atoms with Gasteiger partial charge in [0.25, 0.3) is 5.56 Å². The van der Waals surface area contributed by atoms with Gasteiger partial charge in [-0.25, -0.2) is 9.78 Å². The highest BCUT2D eigenvalue weighted by molar-refractivity contribution is 5.99. The topological polar surface area (TPSA) is 140 Å². The van der Waals surface area contributed by atoms with Crippen molar-refractivity contribution in [3.63, 3.8) is 0 Å². The van der Waals surface area contributed by atoms with Crippen LogP contribution in [0.5, 0.6) is 0 Å². The van der Waals surface area contributed by atoms with Gasteiger partial charge in [0.1, 0.15) is 0 Å². The minimum Gasteiger partial charge on any atom is -0.388 e. The van der Waals surface area contributed by atoms with E-state index in [1.807, 2.05) is 31.2 Å². The van der Waals surface area contributed by atoms with E-state index in [9.17, 15) is 9.59 Å². The van der Waals surface area contributed by atoms with Crippen molar-refractivity contribution in [2.45, 2.75) is 51.4 Å². The lowest BCUT2D eigenvalue weighted by molar-refractivity contribution is 0.208. The van der Waals surface area contributed by atoms with Crippen LogP contribution >= 0.6 is 0 Å². The maximum atomic E-state index is 12.6. The van der Waals surface area contributed by atoms with Gasteiger partial charge in [0.05, 0.1) is 5.84 Å². The Balaban J connectivity index is 1.46. The summed E-state index contributed by atoms with van der Waals surface area (Å²) >= 11 is 0. The van der Waals surface area contributed by atoms with Gasteiger partial charge < -0.3 is 16.0 Å². The molecule has 9 nitrogen and oxygen atoms in total. The first-order valence-electron chi connectivity index (χ1n) is 11.2. The molecule has 2 heterocycles. The van der Waals surface area contributed by atoms with Gasteiger partial charge in [-0.1, -0.05) is 24.6 Å². The second-order valence-electron chi connectivity index (χ2n) is 8.36. The van der Waals surface area contributed by atoms with Crippen LogP contribution in [0.15, 0.2) is 35.3 Å². The van der Waals surface area contributed by atoms with E-state index in [0.29, 0.717) is 17.7 Å². The Morgan fingerprint density at radius 2 is 1.97 bits per heavy atom. The zero-order valence-electron chi connectivity index (χ0n) is 18.6. The summed E-state index contributed by atoms with van der Waals surface area (Å²) in [6.07, 6.45) is 7.24. The number of carbonyl (C=O) groups is 1. The van der Waals surface area contributed by atoms with E-state index in [4.69, 9.17) is 11.1 Å². The van der Waals surface area contributed by atoms with E-state index in [2.05, 4.69) is 25.5 Å². The van der Waals surface area contributed by atoms with Crippen molar-refractivity contribution in [2.75, 3.05) is 30.3 Å². The van der Waals surface area contributed by atoms with Crippen LogP contribution in [0.2, 0.25) is 0 Å². The quantitative estimate of drug-likeness (QED) is 0.231. The van der Waals surface area contributed by atoms with E-state index in [1.54, 1.807) is 6.20 Å². The smallest absolute Gasteiger partial charge is 0.326 e. The van der Waals surface area contributed by atoms with E-state index in [1.165, 1.54) is 0 Å². The third-order valence-electron chi connectivity index (χ3n) is 5.90. The van der Waals surface area contributed by atoms with Gasteiger partial charge in [-0.05, 0) is 69.8 Å². The van der Waals surface area contributed by atoms with Crippen molar-refractivity contribution < 1.29 is 4.79 Å². The molecule has 1 aliphatic rings. The number of benzene rings is 1. The zero-order valence-corrected chi connectivity index (χ0v) is 18.6. The van der Waals surface area contributed by atoms with Gasteiger partial charge >= 0.3 is 6.03 Å². The Hall–Kier alpha value is -3.20. The lowest BCUT2D eigenvalue weighted by Crippen LogP contribution is -2.35. The number of likely N-dealkylation sites (tertiary alicyclic amines) is 1. The van der Waals surface area contributed by atoms with E-state index >= 15 is 0 Å². The van der Waals surface area contributed by atoms with Crippen molar-refractivity contribution in [3.05, 3.63) is 51.9 Å². The highest BCUT2D eigenvalue weighted by atomic mass is 16.2. The Morgan fingerprint density at radius 3 is 2.66 bits per heavy atom. The van der Waals surface area contributed by atoms with Crippen LogP contribution < -0.4 is 21.9 Å². The fraction of sp³-hybridized carbons (Fsp3) is 0.478. The number of carbonyl (C=O) groups excluding carboxylic acids is 1. The van der Waals surface area contributed by atoms with Gasteiger partial charge in [-0.3, -0.25) is 20.5 Å². The molecular weight excluding hydrogens is 406 g/mol. The number of nitrogens with zero attached hydrogens (tertiary/aromatic N) is 2. The molecule has 0 radical (unpaired) electrons. The standard InChI is InChI=1S/C23H33N7O2/c1-16-7-4-5-8-19(16)27-23(32)29-22-26-15-18(21(31)28-22)17-10-13-30(14-11-17)12-6-2-3-9-20(24)25/h4-5,7-8,15,17H,2-3,6,9-14H2,1H3,(H3,24,25)(H3,26,27,28,29,31,32).